The molecule has 0 radical (unpaired) electrons. The van der Waals surface area contributed by atoms with Crippen molar-refractivity contribution >= 4 is 15.9 Å². The quantitative estimate of drug-likeness (QED) is 0.873. The molecule has 0 saturated heterocycles. The Kier molecular flexibility index (Phi) is 5.01. The predicted molar refractivity (Wildman–Crippen MR) is 87.5 cm³/mol. The minimum Gasteiger partial charge on any atom is -0.496 e. The van der Waals surface area contributed by atoms with Crippen LogP contribution in [0.1, 0.15) is 28.3 Å². The SMILES string of the molecule is CNC(c1cc(C)c(OC)cc1C)c1cc(F)ccc1Br. The summed E-state index contributed by atoms with van der Waals surface area (Å²) in [4.78, 5) is 0. The lowest BCUT2D eigenvalue weighted by atomic mass is 9.93. The fourth-order valence-electron chi connectivity index (χ4n) is 2.56. The van der Waals surface area contributed by atoms with Crippen molar-refractivity contribution in [1.82, 2.24) is 5.32 Å². The maximum absolute atomic E-state index is 13.6. The van der Waals surface area contributed by atoms with Gasteiger partial charge in [-0.2, -0.15) is 0 Å². The van der Waals surface area contributed by atoms with Gasteiger partial charge in [0.1, 0.15) is 11.6 Å². The van der Waals surface area contributed by atoms with Gasteiger partial charge in [-0.3, -0.25) is 0 Å². The van der Waals surface area contributed by atoms with E-state index in [1.165, 1.54) is 6.07 Å². The van der Waals surface area contributed by atoms with E-state index in [-0.39, 0.29) is 11.9 Å². The second-order valence-corrected chi connectivity index (χ2v) is 5.92. The second-order valence-electron chi connectivity index (χ2n) is 5.07. The molecular formula is C17H19BrFNO. The van der Waals surface area contributed by atoms with Gasteiger partial charge in [0.05, 0.1) is 13.2 Å². The highest BCUT2D eigenvalue weighted by atomic mass is 79.9. The Bertz CT molecular complexity index is 657. The van der Waals surface area contributed by atoms with Gasteiger partial charge in [-0.1, -0.05) is 22.0 Å². The molecule has 2 aromatic carbocycles. The molecule has 0 fully saturated rings. The Morgan fingerprint density at radius 1 is 1.10 bits per heavy atom. The van der Waals surface area contributed by atoms with Crippen molar-refractivity contribution in [1.29, 1.82) is 0 Å². The number of ether oxygens (including phenoxy) is 1. The maximum Gasteiger partial charge on any atom is 0.123 e. The number of rotatable bonds is 4. The van der Waals surface area contributed by atoms with Crippen molar-refractivity contribution < 1.29 is 9.13 Å². The molecule has 21 heavy (non-hydrogen) atoms. The number of methoxy groups -OCH3 is 1. The standard InChI is InChI=1S/C17H19BrFNO/c1-10-8-16(21-4)11(2)7-13(10)17(20-3)14-9-12(19)5-6-15(14)18/h5-9,17,20H,1-4H3. The smallest absolute Gasteiger partial charge is 0.123 e. The van der Waals surface area contributed by atoms with Crippen molar-refractivity contribution in [3.8, 4) is 5.75 Å². The van der Waals surface area contributed by atoms with Crippen LogP contribution in [0.4, 0.5) is 4.39 Å². The summed E-state index contributed by atoms with van der Waals surface area (Å²) in [6.45, 7) is 4.05. The van der Waals surface area contributed by atoms with Crippen LogP contribution < -0.4 is 10.1 Å². The van der Waals surface area contributed by atoms with E-state index < -0.39 is 0 Å². The van der Waals surface area contributed by atoms with Gasteiger partial charge in [0.25, 0.3) is 0 Å². The summed E-state index contributed by atoms with van der Waals surface area (Å²) in [7, 11) is 3.54. The number of halogens is 2. The Morgan fingerprint density at radius 3 is 2.43 bits per heavy atom. The van der Waals surface area contributed by atoms with Crippen LogP contribution in [0.3, 0.4) is 0 Å². The number of aryl methyl sites for hydroxylation is 2. The first-order chi connectivity index (χ1) is 9.97. The van der Waals surface area contributed by atoms with Gasteiger partial charge in [-0.25, -0.2) is 4.39 Å². The third-order valence-corrected chi connectivity index (χ3v) is 4.37. The fourth-order valence-corrected chi connectivity index (χ4v) is 3.03. The summed E-state index contributed by atoms with van der Waals surface area (Å²) >= 11 is 3.51. The monoisotopic (exact) mass is 351 g/mol. The topological polar surface area (TPSA) is 21.3 Å². The molecule has 1 N–H and O–H groups in total. The van der Waals surface area contributed by atoms with E-state index >= 15 is 0 Å². The second kappa shape index (κ2) is 6.58. The van der Waals surface area contributed by atoms with Gasteiger partial charge in [-0.15, -0.1) is 0 Å². The minimum atomic E-state index is -0.240. The lowest BCUT2D eigenvalue weighted by Gasteiger charge is -2.22. The molecule has 0 heterocycles. The highest BCUT2D eigenvalue weighted by Crippen LogP contribution is 2.33. The summed E-state index contributed by atoms with van der Waals surface area (Å²) in [5.74, 6) is 0.626. The van der Waals surface area contributed by atoms with Crippen LogP contribution in [0.15, 0.2) is 34.8 Å². The molecule has 2 rings (SSSR count). The van der Waals surface area contributed by atoms with Crippen molar-refractivity contribution in [2.75, 3.05) is 14.2 Å². The largest absolute Gasteiger partial charge is 0.496 e. The summed E-state index contributed by atoms with van der Waals surface area (Å²) in [6.07, 6.45) is 0. The van der Waals surface area contributed by atoms with E-state index in [9.17, 15) is 4.39 Å². The third kappa shape index (κ3) is 3.27. The minimum absolute atomic E-state index is 0.0836. The Morgan fingerprint density at radius 2 is 1.81 bits per heavy atom. The van der Waals surface area contributed by atoms with Gasteiger partial charge >= 0.3 is 0 Å². The van der Waals surface area contributed by atoms with Gasteiger partial charge in [0.2, 0.25) is 0 Å². The van der Waals surface area contributed by atoms with Gasteiger partial charge in [-0.05, 0) is 67.4 Å². The Hall–Kier alpha value is -1.39. The summed E-state index contributed by atoms with van der Waals surface area (Å²) < 4.78 is 19.8. The molecule has 0 spiro atoms. The van der Waals surface area contributed by atoms with E-state index in [2.05, 4.69) is 27.3 Å². The van der Waals surface area contributed by atoms with E-state index in [0.717, 1.165) is 32.5 Å². The van der Waals surface area contributed by atoms with Crippen LogP contribution in [-0.4, -0.2) is 14.2 Å². The van der Waals surface area contributed by atoms with Gasteiger partial charge in [0, 0.05) is 4.47 Å². The zero-order valence-electron chi connectivity index (χ0n) is 12.6. The maximum atomic E-state index is 13.6. The lowest BCUT2D eigenvalue weighted by Crippen LogP contribution is -2.19. The molecule has 0 aliphatic carbocycles. The van der Waals surface area contributed by atoms with Crippen LogP contribution in [0.25, 0.3) is 0 Å². The molecule has 0 bridgehead atoms. The highest BCUT2D eigenvalue weighted by molar-refractivity contribution is 9.10. The first kappa shape index (κ1) is 16.0. The fraction of sp³-hybridized carbons (Fsp3) is 0.294. The molecule has 2 nitrogen and oxygen atoms in total. The highest BCUT2D eigenvalue weighted by Gasteiger charge is 2.19. The first-order valence-corrected chi connectivity index (χ1v) is 7.54. The normalized spacial score (nSPS) is 12.3. The summed E-state index contributed by atoms with van der Waals surface area (Å²) in [5, 5.41) is 3.27. The van der Waals surface area contributed by atoms with Crippen molar-refractivity contribution in [2.45, 2.75) is 19.9 Å². The van der Waals surface area contributed by atoms with Crippen molar-refractivity contribution in [2.24, 2.45) is 0 Å². The van der Waals surface area contributed by atoms with E-state index in [1.54, 1.807) is 19.2 Å². The van der Waals surface area contributed by atoms with Gasteiger partial charge in [0.15, 0.2) is 0 Å². The molecule has 0 aliphatic rings. The van der Waals surface area contributed by atoms with E-state index in [1.807, 2.05) is 27.0 Å². The molecule has 1 atom stereocenters. The predicted octanol–water partition coefficient (Wildman–Crippen LogP) is 4.52. The number of nitrogens with one attached hydrogen (secondary N) is 1. The molecule has 0 aromatic heterocycles. The van der Waals surface area contributed by atoms with Crippen LogP contribution >= 0.6 is 15.9 Å². The molecule has 2 aromatic rings. The zero-order valence-corrected chi connectivity index (χ0v) is 14.2. The molecule has 0 amide bonds. The Labute approximate surface area is 133 Å². The van der Waals surface area contributed by atoms with Crippen LogP contribution in [0.2, 0.25) is 0 Å². The molecule has 0 aliphatic heterocycles. The van der Waals surface area contributed by atoms with E-state index in [0.29, 0.717) is 0 Å². The van der Waals surface area contributed by atoms with Crippen LogP contribution in [0.5, 0.6) is 5.75 Å². The zero-order chi connectivity index (χ0) is 15.6. The third-order valence-electron chi connectivity index (χ3n) is 3.65. The molecule has 4 heteroatoms. The molecular weight excluding hydrogens is 333 g/mol. The van der Waals surface area contributed by atoms with Gasteiger partial charge < -0.3 is 10.1 Å². The number of benzene rings is 2. The average molecular weight is 352 g/mol. The van der Waals surface area contributed by atoms with Crippen LogP contribution in [-0.2, 0) is 0 Å². The Balaban J connectivity index is 2.56. The van der Waals surface area contributed by atoms with Crippen LogP contribution in [0, 0.1) is 19.7 Å². The first-order valence-electron chi connectivity index (χ1n) is 6.75. The molecule has 112 valence electrons. The number of hydrogen-bond donors (Lipinski definition) is 1. The molecule has 1 unspecified atom stereocenters. The summed E-state index contributed by atoms with van der Waals surface area (Å²) in [6, 6.07) is 8.77. The van der Waals surface area contributed by atoms with Crippen molar-refractivity contribution in [3.05, 3.63) is 62.9 Å². The average Bonchev–Trinajstić information content (AvgIpc) is 2.46. The van der Waals surface area contributed by atoms with E-state index in [4.69, 9.17) is 4.74 Å². The van der Waals surface area contributed by atoms with Crippen molar-refractivity contribution in [3.63, 3.8) is 0 Å². The lowest BCUT2D eigenvalue weighted by molar-refractivity contribution is 0.411. The number of hydrogen-bond acceptors (Lipinski definition) is 2. The molecule has 0 saturated carbocycles. The summed E-state index contributed by atoms with van der Waals surface area (Å²) in [5.41, 5.74) is 4.16.